The van der Waals surface area contributed by atoms with Gasteiger partial charge in [0.2, 0.25) is 0 Å². The highest BCUT2D eigenvalue weighted by atomic mass is 35.7. The normalized spacial score (nSPS) is 27.3. The van der Waals surface area contributed by atoms with Crippen LogP contribution in [0.25, 0.3) is 0 Å². The Morgan fingerprint density at radius 2 is 1.40 bits per heavy atom. The lowest BCUT2D eigenvalue weighted by atomic mass is 10.3. The van der Waals surface area contributed by atoms with Gasteiger partial charge < -0.3 is 0 Å². The minimum absolute atomic E-state index is 0.893. The third-order valence-electron chi connectivity index (χ3n) is 4.26. The van der Waals surface area contributed by atoms with Crippen LogP contribution in [-0.2, 0) is 11.5 Å². The van der Waals surface area contributed by atoms with Crippen LogP contribution in [-0.4, -0.2) is 28.0 Å². The van der Waals surface area contributed by atoms with E-state index in [4.69, 9.17) is 21.4 Å². The molecule has 0 amide bonds. The molecule has 0 saturated carbocycles. The van der Waals surface area contributed by atoms with Gasteiger partial charge in [0.05, 0.1) is 0 Å². The van der Waals surface area contributed by atoms with Gasteiger partial charge in [0.1, 0.15) is 0 Å². The van der Waals surface area contributed by atoms with Crippen molar-refractivity contribution in [1.82, 2.24) is 4.98 Å². The molecule has 1 aromatic heterocycles. The van der Waals surface area contributed by atoms with Crippen LogP contribution in [0, 0.1) is 0 Å². The Kier molecular flexibility index (Phi) is 4.81. The predicted molar refractivity (Wildman–Crippen MR) is 96.5 cm³/mol. The number of hydrogen-bond donors (Lipinski definition) is 0. The molecule has 0 radical (unpaired) electrons. The fraction of sp³-hybridized carbons (Fsp3) is 0.667. The van der Waals surface area contributed by atoms with Crippen molar-refractivity contribution < 1.29 is 0 Å². The summed E-state index contributed by atoms with van der Waals surface area (Å²) in [6.07, 6.45) is 7.26. The molecule has 0 atom stereocenters. The zero-order valence-corrected chi connectivity index (χ0v) is 15.0. The number of nitrogens with zero attached hydrogens (tertiary/aromatic N) is 1. The van der Waals surface area contributed by atoms with Gasteiger partial charge in [-0.05, 0) is 60.3 Å². The number of halogens is 2. The molecule has 2 aliphatic rings. The lowest BCUT2D eigenvalue weighted by molar-refractivity contribution is 0.949. The fourth-order valence-electron chi connectivity index (χ4n) is 3.13. The Morgan fingerprint density at radius 1 is 0.850 bits per heavy atom. The highest BCUT2D eigenvalue weighted by molar-refractivity contribution is 8.51. The van der Waals surface area contributed by atoms with Crippen LogP contribution >= 0.6 is 39.8 Å². The largest absolute Gasteiger partial charge is 0.260 e. The molecule has 1 nitrogen and oxygen atoms in total. The molecular weight excluding hydrogens is 329 g/mol. The van der Waals surface area contributed by atoms with Crippen LogP contribution in [0.3, 0.4) is 0 Å². The molecule has 0 unspecified atom stereocenters. The summed E-state index contributed by atoms with van der Waals surface area (Å²) in [5.41, 5.74) is 2.48. The summed E-state index contributed by atoms with van der Waals surface area (Å²) in [5, 5.41) is 0. The maximum absolute atomic E-state index is 6.74. The number of rotatable bonds is 4. The summed E-state index contributed by atoms with van der Waals surface area (Å²) in [5.74, 6) is 6.92. The van der Waals surface area contributed by atoms with Crippen molar-refractivity contribution in [1.29, 1.82) is 0 Å². The molecule has 0 N–H and O–H groups in total. The van der Waals surface area contributed by atoms with Crippen LogP contribution in [0.1, 0.15) is 36.9 Å². The zero-order chi connectivity index (χ0) is 14.1. The third kappa shape index (κ3) is 3.79. The smallest absolute Gasteiger partial charge is 0.0498 e. The molecule has 20 heavy (non-hydrogen) atoms. The van der Waals surface area contributed by atoms with Gasteiger partial charge in [0, 0.05) is 23.4 Å². The topological polar surface area (TPSA) is 12.9 Å². The Bertz CT molecular complexity index is 408. The Labute approximate surface area is 134 Å². The zero-order valence-electron chi connectivity index (χ0n) is 11.8. The predicted octanol–water partition coefficient (Wildman–Crippen LogP) is 5.59. The third-order valence-corrected chi connectivity index (χ3v) is 12.5. The molecule has 0 bridgehead atoms. The second-order valence-electron chi connectivity index (χ2n) is 6.06. The quantitative estimate of drug-likeness (QED) is 0.689. The standard InChI is InChI=1S/C15H23Cl2NS2/c16-19(7-1-2-8-19)12-14-5-6-15(18-11-14)13-20(17)9-3-4-10-20/h5-6,11H,1-4,7-10,12-13H2. The molecule has 0 spiro atoms. The molecule has 5 heteroatoms. The van der Waals surface area contributed by atoms with Crippen molar-refractivity contribution in [2.45, 2.75) is 37.2 Å². The van der Waals surface area contributed by atoms with E-state index in [1.54, 1.807) is 0 Å². The van der Waals surface area contributed by atoms with Gasteiger partial charge in [0.15, 0.2) is 0 Å². The fourth-order valence-corrected chi connectivity index (χ4v) is 10.5. The van der Waals surface area contributed by atoms with Crippen molar-refractivity contribution in [3.63, 3.8) is 0 Å². The van der Waals surface area contributed by atoms with Crippen LogP contribution < -0.4 is 0 Å². The van der Waals surface area contributed by atoms with E-state index in [9.17, 15) is 0 Å². The second-order valence-corrected chi connectivity index (χ2v) is 16.0. The van der Waals surface area contributed by atoms with E-state index < -0.39 is 18.5 Å². The summed E-state index contributed by atoms with van der Waals surface area (Å²) in [6.45, 7) is 0. The SMILES string of the molecule is ClS1(Cc2ccc(CS3(Cl)CCCC3)nc2)CCCC1. The molecule has 2 aliphatic heterocycles. The van der Waals surface area contributed by atoms with Crippen molar-refractivity contribution in [2.75, 3.05) is 23.0 Å². The Morgan fingerprint density at radius 3 is 1.90 bits per heavy atom. The molecule has 1 aromatic rings. The molecule has 3 heterocycles. The molecule has 2 fully saturated rings. The first-order valence-electron chi connectivity index (χ1n) is 7.43. The van der Waals surface area contributed by atoms with Gasteiger partial charge in [-0.3, -0.25) is 4.98 Å². The van der Waals surface area contributed by atoms with Gasteiger partial charge in [0.25, 0.3) is 0 Å². The Balaban J connectivity index is 1.62. The van der Waals surface area contributed by atoms with E-state index in [2.05, 4.69) is 17.1 Å². The molecule has 0 aliphatic carbocycles. The van der Waals surface area contributed by atoms with E-state index in [1.807, 2.05) is 6.20 Å². The summed E-state index contributed by atoms with van der Waals surface area (Å²) in [4.78, 5) is 4.65. The molecule has 114 valence electrons. The minimum Gasteiger partial charge on any atom is -0.260 e. The molecule has 2 saturated heterocycles. The summed E-state index contributed by atoms with van der Waals surface area (Å²) in [6, 6.07) is 4.41. The first-order valence-corrected chi connectivity index (χ1v) is 13.4. The van der Waals surface area contributed by atoms with Crippen LogP contribution in [0.15, 0.2) is 18.3 Å². The van der Waals surface area contributed by atoms with E-state index in [0.29, 0.717) is 0 Å². The van der Waals surface area contributed by atoms with E-state index in [1.165, 1.54) is 60.0 Å². The molecular formula is C15H23Cl2NS2. The first kappa shape index (κ1) is 15.3. The van der Waals surface area contributed by atoms with E-state index >= 15 is 0 Å². The van der Waals surface area contributed by atoms with Crippen molar-refractivity contribution >= 4 is 39.8 Å². The van der Waals surface area contributed by atoms with Crippen LogP contribution in [0.2, 0.25) is 0 Å². The lowest BCUT2D eigenvalue weighted by Gasteiger charge is -2.28. The highest BCUT2D eigenvalue weighted by Crippen LogP contribution is 2.61. The van der Waals surface area contributed by atoms with Crippen LogP contribution in [0.4, 0.5) is 0 Å². The van der Waals surface area contributed by atoms with Gasteiger partial charge in [-0.2, -0.15) is 18.5 Å². The summed E-state index contributed by atoms with van der Waals surface area (Å²) < 4.78 is 0. The summed E-state index contributed by atoms with van der Waals surface area (Å²) >= 11 is 0. The van der Waals surface area contributed by atoms with Gasteiger partial charge in [-0.1, -0.05) is 27.4 Å². The molecule has 0 aromatic carbocycles. The lowest BCUT2D eigenvalue weighted by Crippen LogP contribution is -2.02. The van der Waals surface area contributed by atoms with Gasteiger partial charge in [-0.15, -0.1) is 0 Å². The molecule has 3 rings (SSSR count). The highest BCUT2D eigenvalue weighted by Gasteiger charge is 2.28. The van der Waals surface area contributed by atoms with Crippen molar-refractivity contribution in [3.8, 4) is 0 Å². The number of hydrogen-bond acceptors (Lipinski definition) is 1. The number of aromatic nitrogens is 1. The average molecular weight is 352 g/mol. The van der Waals surface area contributed by atoms with Gasteiger partial charge >= 0.3 is 0 Å². The van der Waals surface area contributed by atoms with Crippen molar-refractivity contribution in [3.05, 3.63) is 29.6 Å². The Hall–Kier alpha value is 0.430. The maximum Gasteiger partial charge on any atom is 0.0498 e. The average Bonchev–Trinajstić information content (AvgIpc) is 3.02. The first-order chi connectivity index (χ1) is 9.57. The summed E-state index contributed by atoms with van der Waals surface area (Å²) in [7, 11) is 11.7. The number of pyridine rings is 1. The van der Waals surface area contributed by atoms with Crippen molar-refractivity contribution in [2.24, 2.45) is 0 Å². The van der Waals surface area contributed by atoms with E-state index in [-0.39, 0.29) is 0 Å². The van der Waals surface area contributed by atoms with E-state index in [0.717, 1.165) is 11.5 Å². The second kappa shape index (κ2) is 6.28. The maximum atomic E-state index is 6.74. The minimum atomic E-state index is -0.915. The van der Waals surface area contributed by atoms with Crippen LogP contribution in [0.5, 0.6) is 0 Å². The monoisotopic (exact) mass is 351 g/mol. The van der Waals surface area contributed by atoms with Gasteiger partial charge in [-0.25, -0.2) is 0 Å².